The summed E-state index contributed by atoms with van der Waals surface area (Å²) in [7, 11) is -5.80. The van der Waals surface area contributed by atoms with Crippen LogP contribution < -0.4 is 11.0 Å². The van der Waals surface area contributed by atoms with Gasteiger partial charge in [0.2, 0.25) is 5.91 Å². The molecule has 1 amide bonds. The Kier molecular flexibility index (Phi) is 11.5. The van der Waals surface area contributed by atoms with Crippen molar-refractivity contribution in [1.29, 1.82) is 5.26 Å². The van der Waals surface area contributed by atoms with Crippen LogP contribution in [0.5, 0.6) is 0 Å². The highest BCUT2D eigenvalue weighted by atomic mass is 28.5. The van der Waals surface area contributed by atoms with Crippen LogP contribution in [0.1, 0.15) is 75.0 Å². The number of carbonyl (C=O) groups is 1. The number of anilines is 1. The quantitative estimate of drug-likeness (QED) is 0.218. The molecule has 14 heteroatoms. The molecule has 0 radical (unpaired) electrons. The Morgan fingerprint density at radius 1 is 1.15 bits per heavy atom. The van der Waals surface area contributed by atoms with Crippen LogP contribution in [-0.4, -0.2) is 70.9 Å². The third-order valence-electron chi connectivity index (χ3n) is 7.73. The first-order chi connectivity index (χ1) is 19.3. The molecule has 3 unspecified atom stereocenters. The summed E-state index contributed by atoms with van der Waals surface area (Å²) in [6.07, 6.45) is -1.10. The first-order valence-electron chi connectivity index (χ1n) is 14.4. The Balaban J connectivity index is 2.08. The van der Waals surface area contributed by atoms with Crippen molar-refractivity contribution in [2.45, 2.75) is 115 Å². The Hall–Kier alpha value is -1.97. The minimum absolute atomic E-state index is 0.0853. The van der Waals surface area contributed by atoms with E-state index < -0.39 is 47.4 Å². The Morgan fingerprint density at radius 2 is 1.78 bits per heavy atom. The monoisotopic (exact) mass is 610 g/mol. The lowest BCUT2D eigenvalue weighted by atomic mass is 10.1. The van der Waals surface area contributed by atoms with Crippen molar-refractivity contribution in [3.8, 4) is 6.07 Å². The van der Waals surface area contributed by atoms with E-state index in [1.165, 1.54) is 23.8 Å². The number of aromatic nitrogens is 2. The summed E-state index contributed by atoms with van der Waals surface area (Å²) in [6.45, 7) is 18.8. The number of hydrogen-bond donors (Lipinski definition) is 1. The fourth-order valence-corrected chi connectivity index (χ4v) is 16.9. The highest BCUT2D eigenvalue weighted by Gasteiger charge is 2.62. The van der Waals surface area contributed by atoms with Crippen LogP contribution in [0.3, 0.4) is 0 Å². The van der Waals surface area contributed by atoms with Gasteiger partial charge in [0.1, 0.15) is 30.9 Å². The maximum Gasteiger partial charge on any atom is 0.351 e. The van der Waals surface area contributed by atoms with Gasteiger partial charge in [-0.15, -0.1) is 0 Å². The number of nitriles is 1. The second-order valence-electron chi connectivity index (χ2n) is 11.9. The average molecular weight is 611 g/mol. The third kappa shape index (κ3) is 7.16. The van der Waals surface area contributed by atoms with Gasteiger partial charge in [-0.05, 0) is 28.2 Å². The van der Waals surface area contributed by atoms with Crippen LogP contribution in [0.25, 0.3) is 0 Å². The van der Waals surface area contributed by atoms with Gasteiger partial charge in [0, 0.05) is 13.1 Å². The molecule has 4 atom stereocenters. The predicted molar refractivity (Wildman–Crippen MR) is 156 cm³/mol. The number of nitrogens with zero attached hydrogens (tertiary/aromatic N) is 3. The number of carbonyl (C=O) groups excluding carboxylic acids is 1. The first kappa shape index (κ1) is 33.5. The van der Waals surface area contributed by atoms with Crippen molar-refractivity contribution < 1.29 is 32.0 Å². The summed E-state index contributed by atoms with van der Waals surface area (Å²) >= 11 is 0. The molecule has 2 aliphatic rings. The summed E-state index contributed by atoms with van der Waals surface area (Å²) in [4.78, 5) is 28.7. The van der Waals surface area contributed by atoms with Gasteiger partial charge in [0.15, 0.2) is 6.23 Å². The normalized spacial score (nSPS) is 25.7. The van der Waals surface area contributed by atoms with Crippen molar-refractivity contribution in [3.63, 3.8) is 0 Å². The molecule has 1 aromatic rings. The van der Waals surface area contributed by atoms with Crippen LogP contribution in [0.15, 0.2) is 17.1 Å². The molecule has 0 saturated carbocycles. The van der Waals surface area contributed by atoms with E-state index >= 15 is 0 Å². The zero-order valence-corrected chi connectivity index (χ0v) is 27.7. The number of fused-ring (bicyclic) bond motifs is 1. The van der Waals surface area contributed by atoms with Crippen LogP contribution in [0, 0.1) is 11.3 Å². The van der Waals surface area contributed by atoms with Crippen molar-refractivity contribution >= 4 is 28.8 Å². The van der Waals surface area contributed by atoms with Crippen molar-refractivity contribution in [2.75, 3.05) is 25.3 Å². The van der Waals surface area contributed by atoms with Crippen LogP contribution in [-0.2, 0) is 32.0 Å². The second-order valence-corrected chi connectivity index (χ2v) is 20.7. The molecule has 0 spiro atoms. The molecule has 3 heterocycles. The van der Waals surface area contributed by atoms with E-state index in [0.29, 0.717) is 0 Å². The summed E-state index contributed by atoms with van der Waals surface area (Å²) in [5, 5.41) is 11.4. The molecule has 2 fully saturated rings. The highest BCUT2D eigenvalue weighted by molar-refractivity contribution is 6.84. The van der Waals surface area contributed by atoms with E-state index in [2.05, 4.69) is 65.7 Å². The zero-order valence-electron chi connectivity index (χ0n) is 25.7. The molecule has 2 saturated heterocycles. The fourth-order valence-electron chi connectivity index (χ4n) is 5.68. The van der Waals surface area contributed by atoms with E-state index in [0.717, 1.165) is 0 Å². The first-order valence-corrected chi connectivity index (χ1v) is 18.3. The Labute approximate surface area is 245 Å². The molecule has 0 aliphatic carbocycles. The number of hydrogen-bond acceptors (Lipinski definition) is 10. The number of amides is 1. The van der Waals surface area contributed by atoms with E-state index in [4.69, 9.17) is 32.4 Å². The molecule has 230 valence electrons. The lowest BCUT2D eigenvalue weighted by Crippen LogP contribution is -2.66. The van der Waals surface area contributed by atoms with Crippen LogP contribution >= 0.6 is 0 Å². The fraction of sp³-hybridized carbons (Fsp3) is 0.778. The van der Waals surface area contributed by atoms with Gasteiger partial charge in [0.05, 0.1) is 25.7 Å². The summed E-state index contributed by atoms with van der Waals surface area (Å²) in [6, 6.07) is 3.57. The smallest absolute Gasteiger partial charge is 0.351 e. The molecule has 1 aromatic heterocycles. The molecular formula is C27H46N4O8Si2. The molecule has 1 N–H and O–H groups in total. The standard InChI is InChI=1S/C27H46N4O8Si2/c1-17(2)40(18(3)4)36-15-22-24(38-41(39-40,19(5)6)20(7)8)25(35-16-34-14-10-12-28)26(37-22)31-13-11-23(29-21(9)32)30-27(31)33/h11,13,17-20,22,24-26H,10,14-16H2,1-9H3,(H,29,30,32,33)/t22?,24-,25?,26?/m0/s1. The SMILES string of the molecule is CC(=O)Nc1ccn(C2OC3CO[Si](C(C)C)(C(C)C)O[Si](C(C)C)(C(C)C)O[C@@H]3C2OCOCCC#N)c(=O)n1. The molecule has 3 rings (SSSR count). The van der Waals surface area contributed by atoms with E-state index in [1.807, 2.05) is 6.07 Å². The maximum absolute atomic E-state index is 13.2. The van der Waals surface area contributed by atoms with Gasteiger partial charge in [0.25, 0.3) is 0 Å². The lowest BCUT2D eigenvalue weighted by Gasteiger charge is -2.51. The van der Waals surface area contributed by atoms with Gasteiger partial charge < -0.3 is 32.5 Å². The predicted octanol–water partition coefficient (Wildman–Crippen LogP) is 4.33. The minimum atomic E-state index is -3.00. The molecule has 2 aliphatic heterocycles. The van der Waals surface area contributed by atoms with Gasteiger partial charge >= 0.3 is 22.8 Å². The largest absolute Gasteiger partial charge is 0.414 e. The Bertz CT molecular complexity index is 1120. The lowest BCUT2D eigenvalue weighted by molar-refractivity contribution is -0.138. The van der Waals surface area contributed by atoms with Gasteiger partial charge in [-0.25, -0.2) is 4.79 Å². The Morgan fingerprint density at radius 3 is 2.32 bits per heavy atom. The average Bonchev–Trinajstić information content (AvgIpc) is 3.18. The van der Waals surface area contributed by atoms with Gasteiger partial charge in [-0.3, -0.25) is 9.36 Å². The number of nitrogens with one attached hydrogen (secondary N) is 1. The highest BCUT2D eigenvalue weighted by Crippen LogP contribution is 2.48. The number of ether oxygens (including phenoxy) is 3. The van der Waals surface area contributed by atoms with E-state index in [-0.39, 0.29) is 60.3 Å². The topological polar surface area (TPSA) is 143 Å². The molecular weight excluding hydrogens is 564 g/mol. The summed E-state index contributed by atoms with van der Waals surface area (Å²) < 4.78 is 40.9. The maximum atomic E-state index is 13.2. The van der Waals surface area contributed by atoms with Crippen molar-refractivity contribution in [1.82, 2.24) is 9.55 Å². The molecule has 0 bridgehead atoms. The third-order valence-corrected chi connectivity index (χ3v) is 18.0. The van der Waals surface area contributed by atoms with E-state index in [9.17, 15) is 9.59 Å². The molecule has 41 heavy (non-hydrogen) atoms. The van der Waals surface area contributed by atoms with Crippen molar-refractivity contribution in [2.24, 2.45) is 0 Å². The van der Waals surface area contributed by atoms with Gasteiger partial charge in [-0.2, -0.15) is 10.2 Å². The number of rotatable bonds is 11. The summed E-state index contributed by atoms with van der Waals surface area (Å²) in [5.41, 5.74) is -0.115. The van der Waals surface area contributed by atoms with E-state index in [1.54, 1.807) is 0 Å². The molecule has 0 aromatic carbocycles. The van der Waals surface area contributed by atoms with Crippen LogP contribution in [0.4, 0.5) is 5.82 Å². The minimum Gasteiger partial charge on any atom is -0.414 e. The zero-order chi connectivity index (χ0) is 30.5. The van der Waals surface area contributed by atoms with Crippen LogP contribution in [0.2, 0.25) is 22.2 Å². The van der Waals surface area contributed by atoms with Gasteiger partial charge in [-0.1, -0.05) is 55.4 Å². The molecule has 12 nitrogen and oxygen atoms in total. The summed E-state index contributed by atoms with van der Waals surface area (Å²) in [5.74, 6) is -0.193. The van der Waals surface area contributed by atoms with Crippen molar-refractivity contribution in [3.05, 3.63) is 22.7 Å². The second kappa shape index (κ2) is 14.0.